The third kappa shape index (κ3) is 4.39. The fourth-order valence-corrected chi connectivity index (χ4v) is 2.92. The lowest BCUT2D eigenvalue weighted by atomic mass is 10.2. The summed E-state index contributed by atoms with van der Waals surface area (Å²) in [5.74, 6) is -0.742. The highest BCUT2D eigenvalue weighted by molar-refractivity contribution is 7.13. The lowest BCUT2D eigenvalue weighted by Gasteiger charge is -2.08. The highest BCUT2D eigenvalue weighted by Crippen LogP contribution is 2.30. The van der Waals surface area contributed by atoms with Crippen molar-refractivity contribution in [3.63, 3.8) is 0 Å². The minimum absolute atomic E-state index is 0.00925. The first-order valence-electron chi connectivity index (χ1n) is 7.70. The summed E-state index contributed by atoms with van der Waals surface area (Å²) in [6.07, 6.45) is -1.33. The summed E-state index contributed by atoms with van der Waals surface area (Å²) < 4.78 is 38.2. The van der Waals surface area contributed by atoms with Crippen LogP contribution in [0.25, 0.3) is 10.6 Å². The molecule has 0 fully saturated rings. The Hall–Kier alpha value is -3.58. The molecule has 140 valence electrons. The number of carbonyl (C=O) groups is 1. The molecule has 0 bridgehead atoms. The average Bonchev–Trinajstić information content (AvgIpc) is 3.19. The van der Waals surface area contributed by atoms with Gasteiger partial charge in [0, 0.05) is 23.3 Å². The predicted molar refractivity (Wildman–Crippen MR) is 97.8 cm³/mol. The number of nitrogens with zero attached hydrogens (tertiary/aromatic N) is 4. The van der Waals surface area contributed by atoms with Crippen LogP contribution < -0.4 is 5.43 Å². The Balaban J connectivity index is 1.79. The summed E-state index contributed by atoms with van der Waals surface area (Å²) in [5.41, 5.74) is 1.62. The van der Waals surface area contributed by atoms with Gasteiger partial charge >= 0.3 is 6.18 Å². The molecule has 6 nitrogen and oxygen atoms in total. The van der Waals surface area contributed by atoms with Gasteiger partial charge < -0.3 is 0 Å². The Morgan fingerprint density at radius 1 is 1.25 bits per heavy atom. The van der Waals surface area contributed by atoms with Gasteiger partial charge in [-0.2, -0.15) is 23.5 Å². The van der Waals surface area contributed by atoms with E-state index in [1.165, 1.54) is 28.8 Å². The van der Waals surface area contributed by atoms with Crippen LogP contribution in [0.4, 0.5) is 18.9 Å². The standard InChI is InChI=1S/C18H10F3N5OS/c19-18(20,21)12-4-1-5-13(7-12)25-26-14(8-22)16(27)15-10-28-17(24-15)11-3-2-6-23-9-11/h1-7,9-10,25H/b26-14+. The number of rotatable bonds is 5. The van der Waals surface area contributed by atoms with Gasteiger partial charge in [0.1, 0.15) is 16.8 Å². The Morgan fingerprint density at radius 2 is 2.07 bits per heavy atom. The summed E-state index contributed by atoms with van der Waals surface area (Å²) in [7, 11) is 0. The smallest absolute Gasteiger partial charge is 0.284 e. The molecule has 1 N–H and O–H groups in total. The monoisotopic (exact) mass is 401 g/mol. The van der Waals surface area contributed by atoms with E-state index in [1.54, 1.807) is 30.6 Å². The van der Waals surface area contributed by atoms with Gasteiger partial charge in [0.2, 0.25) is 11.5 Å². The van der Waals surface area contributed by atoms with E-state index in [4.69, 9.17) is 0 Å². The summed E-state index contributed by atoms with van der Waals surface area (Å²) in [4.78, 5) is 20.6. The van der Waals surface area contributed by atoms with Crippen molar-refractivity contribution in [2.75, 3.05) is 5.43 Å². The summed E-state index contributed by atoms with van der Waals surface area (Å²) in [5, 5.41) is 14.8. The van der Waals surface area contributed by atoms with Crippen LogP contribution in [0.1, 0.15) is 16.1 Å². The van der Waals surface area contributed by atoms with Crippen molar-refractivity contribution in [2.24, 2.45) is 5.10 Å². The van der Waals surface area contributed by atoms with Crippen LogP contribution in [-0.2, 0) is 6.18 Å². The second-order valence-corrected chi connectivity index (χ2v) is 6.23. The number of pyridine rings is 1. The second kappa shape index (κ2) is 7.98. The first-order valence-corrected chi connectivity index (χ1v) is 8.58. The van der Waals surface area contributed by atoms with E-state index in [9.17, 15) is 23.2 Å². The Bertz CT molecular complexity index is 1070. The molecule has 0 radical (unpaired) electrons. The van der Waals surface area contributed by atoms with Gasteiger partial charge in [-0.05, 0) is 30.3 Å². The number of Topliss-reactive ketones (excluding diaryl/α,β-unsaturated/α-hetero) is 1. The molecule has 2 aromatic heterocycles. The maximum Gasteiger partial charge on any atom is 0.416 e. The molecular formula is C18H10F3N5OS. The van der Waals surface area contributed by atoms with E-state index >= 15 is 0 Å². The van der Waals surface area contributed by atoms with Crippen molar-refractivity contribution in [2.45, 2.75) is 6.18 Å². The Labute approximate surface area is 161 Å². The molecule has 0 spiro atoms. The van der Waals surface area contributed by atoms with Gasteiger partial charge in [-0.1, -0.05) is 6.07 Å². The molecule has 1 aromatic carbocycles. The number of benzene rings is 1. The fourth-order valence-electron chi connectivity index (χ4n) is 2.13. The van der Waals surface area contributed by atoms with Crippen molar-refractivity contribution in [1.29, 1.82) is 5.26 Å². The normalized spacial score (nSPS) is 11.7. The minimum Gasteiger partial charge on any atom is -0.284 e. The highest BCUT2D eigenvalue weighted by Gasteiger charge is 2.30. The van der Waals surface area contributed by atoms with Gasteiger partial charge in [-0.25, -0.2) is 4.98 Å². The topological polar surface area (TPSA) is 91.0 Å². The summed E-state index contributed by atoms with van der Waals surface area (Å²) >= 11 is 1.20. The molecule has 0 aliphatic heterocycles. The number of alkyl halides is 3. The predicted octanol–water partition coefficient (Wildman–Crippen LogP) is 4.40. The minimum atomic E-state index is -4.52. The second-order valence-electron chi connectivity index (χ2n) is 5.37. The van der Waals surface area contributed by atoms with E-state index < -0.39 is 23.2 Å². The molecule has 3 aromatic rings. The van der Waals surface area contributed by atoms with Crippen LogP contribution >= 0.6 is 11.3 Å². The molecule has 0 aliphatic rings. The van der Waals surface area contributed by atoms with Crippen LogP contribution in [-0.4, -0.2) is 21.5 Å². The van der Waals surface area contributed by atoms with Crippen molar-refractivity contribution >= 4 is 28.5 Å². The Kier molecular flexibility index (Phi) is 5.47. The molecule has 2 heterocycles. The van der Waals surface area contributed by atoms with Gasteiger partial charge in [-0.15, -0.1) is 11.3 Å². The maximum atomic E-state index is 12.7. The van der Waals surface area contributed by atoms with Crippen molar-refractivity contribution in [3.05, 3.63) is 65.4 Å². The lowest BCUT2D eigenvalue weighted by molar-refractivity contribution is -0.137. The third-order valence-corrected chi connectivity index (χ3v) is 4.34. The zero-order valence-corrected chi connectivity index (χ0v) is 14.8. The third-order valence-electron chi connectivity index (χ3n) is 3.45. The van der Waals surface area contributed by atoms with E-state index in [1.807, 2.05) is 0 Å². The van der Waals surface area contributed by atoms with E-state index in [2.05, 4.69) is 20.5 Å². The molecule has 3 rings (SSSR count). The van der Waals surface area contributed by atoms with Gasteiger partial charge in [0.15, 0.2) is 0 Å². The maximum absolute atomic E-state index is 12.7. The number of hydrazone groups is 1. The number of nitriles is 1. The van der Waals surface area contributed by atoms with Crippen LogP contribution in [0, 0.1) is 11.3 Å². The van der Waals surface area contributed by atoms with E-state index in [0.29, 0.717) is 10.6 Å². The number of carbonyl (C=O) groups excluding carboxylic acids is 1. The first kappa shape index (κ1) is 19.2. The van der Waals surface area contributed by atoms with Gasteiger partial charge in [0.05, 0.1) is 11.3 Å². The number of hydrogen-bond donors (Lipinski definition) is 1. The van der Waals surface area contributed by atoms with Crippen LogP contribution in [0.3, 0.4) is 0 Å². The zero-order chi connectivity index (χ0) is 20.1. The number of nitrogens with one attached hydrogen (secondary N) is 1. The van der Waals surface area contributed by atoms with E-state index in [-0.39, 0.29) is 11.4 Å². The first-order chi connectivity index (χ1) is 13.4. The van der Waals surface area contributed by atoms with Crippen molar-refractivity contribution < 1.29 is 18.0 Å². The summed E-state index contributed by atoms with van der Waals surface area (Å²) in [6, 6.07) is 9.38. The molecule has 0 saturated carbocycles. The average molecular weight is 401 g/mol. The Morgan fingerprint density at radius 3 is 2.75 bits per heavy atom. The largest absolute Gasteiger partial charge is 0.416 e. The summed E-state index contributed by atoms with van der Waals surface area (Å²) in [6.45, 7) is 0. The van der Waals surface area contributed by atoms with Crippen LogP contribution in [0.15, 0.2) is 59.3 Å². The number of aromatic nitrogens is 2. The number of ketones is 1. The number of anilines is 1. The molecule has 0 atom stereocenters. The SMILES string of the molecule is N#C/C(=N\Nc1cccc(C(F)(F)F)c1)C(=O)c1csc(-c2cccnc2)n1. The van der Waals surface area contributed by atoms with Gasteiger partial charge in [-0.3, -0.25) is 15.2 Å². The molecule has 0 saturated heterocycles. The van der Waals surface area contributed by atoms with Crippen molar-refractivity contribution in [3.8, 4) is 16.6 Å². The van der Waals surface area contributed by atoms with Crippen molar-refractivity contribution in [1.82, 2.24) is 9.97 Å². The molecule has 10 heteroatoms. The number of hydrogen-bond acceptors (Lipinski definition) is 7. The molecule has 28 heavy (non-hydrogen) atoms. The lowest BCUT2D eigenvalue weighted by Crippen LogP contribution is -2.15. The highest BCUT2D eigenvalue weighted by atomic mass is 32.1. The zero-order valence-electron chi connectivity index (χ0n) is 13.9. The molecular weight excluding hydrogens is 391 g/mol. The van der Waals surface area contributed by atoms with Crippen LogP contribution in [0.2, 0.25) is 0 Å². The molecule has 0 unspecified atom stereocenters. The van der Waals surface area contributed by atoms with Gasteiger partial charge in [0.25, 0.3) is 0 Å². The number of thiazole rings is 1. The fraction of sp³-hybridized carbons (Fsp3) is 0.0556. The van der Waals surface area contributed by atoms with E-state index in [0.717, 1.165) is 12.1 Å². The molecule has 0 aliphatic carbocycles. The quantitative estimate of drug-likeness (QED) is 0.389. The number of halogens is 3. The van der Waals surface area contributed by atoms with Crippen LogP contribution in [0.5, 0.6) is 0 Å². The molecule has 0 amide bonds.